The molecule has 0 amide bonds. The van der Waals surface area contributed by atoms with E-state index in [2.05, 4.69) is 71.6 Å². The quantitative estimate of drug-likeness (QED) is 0.285. The first kappa shape index (κ1) is 11.9. The van der Waals surface area contributed by atoms with Crippen molar-refractivity contribution >= 4 is 50.0 Å². The average molecular weight is 277 g/mol. The molecule has 2 heteroatoms. The van der Waals surface area contributed by atoms with Crippen LogP contribution in [0.3, 0.4) is 0 Å². The molecule has 0 fully saturated rings. The van der Waals surface area contributed by atoms with Crippen molar-refractivity contribution in [2.24, 2.45) is 0 Å². The normalized spacial score (nSPS) is 11.5. The van der Waals surface area contributed by atoms with E-state index in [1.165, 1.54) is 43.0 Å². The summed E-state index contributed by atoms with van der Waals surface area (Å²) < 4.78 is 0. The van der Waals surface area contributed by atoms with Crippen LogP contribution in [-0.2, 0) is 0 Å². The van der Waals surface area contributed by atoms with Crippen molar-refractivity contribution < 1.29 is 0 Å². The summed E-state index contributed by atoms with van der Waals surface area (Å²) in [7, 11) is 1.97. The van der Waals surface area contributed by atoms with Gasteiger partial charge >= 0.3 is 128 Å². The Morgan fingerprint density at radius 1 is 0.591 bits per heavy atom. The van der Waals surface area contributed by atoms with Crippen molar-refractivity contribution in [2.75, 3.05) is 0 Å². The van der Waals surface area contributed by atoms with Crippen LogP contribution < -0.4 is 0 Å². The van der Waals surface area contributed by atoms with Gasteiger partial charge in [-0.15, -0.1) is 0 Å². The first-order valence-corrected chi connectivity index (χ1v) is 7.48. The summed E-state index contributed by atoms with van der Waals surface area (Å²) in [5, 5.41) is 10.2. The standard InChI is InChI=1S/C20H12BN/c1-2-4-17-13(3-1)5-7-15-11-16-8-6-14-9-10-22-21-20(14)19(16)12-18(15)17/h1-12H. The predicted molar refractivity (Wildman–Crippen MR) is 95.6 cm³/mol. The van der Waals surface area contributed by atoms with E-state index in [-0.39, 0.29) is 0 Å². The van der Waals surface area contributed by atoms with Gasteiger partial charge in [0.25, 0.3) is 0 Å². The van der Waals surface area contributed by atoms with Crippen molar-refractivity contribution in [3.05, 3.63) is 72.9 Å². The minimum absolute atomic E-state index is 1.22. The fourth-order valence-electron chi connectivity index (χ4n) is 3.40. The summed E-state index contributed by atoms with van der Waals surface area (Å²) in [6.45, 7) is 0. The van der Waals surface area contributed by atoms with Gasteiger partial charge in [0.15, 0.2) is 0 Å². The van der Waals surface area contributed by atoms with Gasteiger partial charge in [-0.1, -0.05) is 0 Å². The Bertz CT molecular complexity index is 1090. The molecule has 0 saturated heterocycles. The second-order valence-corrected chi connectivity index (χ2v) is 5.74. The predicted octanol–water partition coefficient (Wildman–Crippen LogP) is 5.03. The average Bonchev–Trinajstić information content (AvgIpc) is 2.60. The summed E-state index contributed by atoms with van der Waals surface area (Å²) in [6, 6.07) is 24.0. The molecule has 0 N–H and O–H groups in total. The molecule has 0 bridgehead atoms. The summed E-state index contributed by atoms with van der Waals surface area (Å²) >= 11 is 0. The van der Waals surface area contributed by atoms with Crippen LogP contribution >= 0.6 is 0 Å². The van der Waals surface area contributed by atoms with Crippen LogP contribution in [0.4, 0.5) is 0 Å². The Hall–Kier alpha value is -2.74. The zero-order valence-electron chi connectivity index (χ0n) is 12.0. The molecule has 5 aromatic rings. The number of benzene rings is 4. The number of rotatable bonds is 0. The monoisotopic (exact) mass is 277 g/mol. The third kappa shape index (κ3) is 1.61. The molecule has 0 atom stereocenters. The molecular formula is C20H12BN. The second-order valence-electron chi connectivity index (χ2n) is 5.74. The van der Waals surface area contributed by atoms with Gasteiger partial charge in [-0.05, 0) is 0 Å². The van der Waals surface area contributed by atoms with E-state index in [1.54, 1.807) is 0 Å². The molecule has 1 nitrogen and oxygen atoms in total. The van der Waals surface area contributed by atoms with Crippen LogP contribution in [0.15, 0.2) is 72.9 Å². The van der Waals surface area contributed by atoms with Crippen LogP contribution in [0, 0.1) is 0 Å². The van der Waals surface area contributed by atoms with Gasteiger partial charge in [-0.25, -0.2) is 0 Å². The number of nitrogens with zero attached hydrogens (tertiary/aromatic N) is 1. The van der Waals surface area contributed by atoms with Gasteiger partial charge in [-0.3, -0.25) is 0 Å². The Labute approximate surface area is 128 Å². The van der Waals surface area contributed by atoms with E-state index >= 15 is 0 Å². The van der Waals surface area contributed by atoms with Crippen molar-refractivity contribution in [1.82, 2.24) is 4.89 Å². The first-order chi connectivity index (χ1) is 10.9. The molecule has 5 rings (SSSR count). The van der Waals surface area contributed by atoms with E-state index in [4.69, 9.17) is 0 Å². The summed E-state index contributed by atoms with van der Waals surface area (Å²) in [5.74, 6) is 0. The molecule has 0 aliphatic heterocycles. The fraction of sp³-hybridized carbons (Fsp3) is 0. The fourth-order valence-corrected chi connectivity index (χ4v) is 3.40. The van der Waals surface area contributed by atoms with Gasteiger partial charge in [0.2, 0.25) is 0 Å². The maximum atomic E-state index is 4.31. The van der Waals surface area contributed by atoms with Crippen LogP contribution in [0.1, 0.15) is 0 Å². The zero-order chi connectivity index (χ0) is 14.5. The molecular weight excluding hydrogens is 265 g/mol. The van der Waals surface area contributed by atoms with Crippen molar-refractivity contribution in [2.45, 2.75) is 0 Å². The molecule has 0 aliphatic carbocycles. The molecule has 4 aromatic carbocycles. The minimum atomic E-state index is 1.22. The van der Waals surface area contributed by atoms with Crippen molar-refractivity contribution in [1.29, 1.82) is 0 Å². The third-order valence-electron chi connectivity index (χ3n) is 4.50. The number of hydrogen-bond acceptors (Lipinski definition) is 1. The SMILES string of the molecule is b1nccc2ccc3cc4ccc5ccccc5c4cc3c12. The molecule has 1 aromatic heterocycles. The summed E-state index contributed by atoms with van der Waals surface area (Å²) in [5.41, 5.74) is 0. The Kier molecular flexibility index (Phi) is 2.36. The summed E-state index contributed by atoms with van der Waals surface area (Å²) in [6.07, 6.45) is 1.85. The first-order valence-electron chi connectivity index (χ1n) is 7.48. The van der Waals surface area contributed by atoms with Crippen molar-refractivity contribution in [3.8, 4) is 0 Å². The van der Waals surface area contributed by atoms with Gasteiger partial charge < -0.3 is 0 Å². The van der Waals surface area contributed by atoms with Crippen molar-refractivity contribution in [3.63, 3.8) is 0 Å². The number of hydrogen-bond donors (Lipinski definition) is 0. The van der Waals surface area contributed by atoms with E-state index in [0.29, 0.717) is 0 Å². The Balaban J connectivity index is 2.05. The van der Waals surface area contributed by atoms with E-state index in [1.807, 2.05) is 13.2 Å². The van der Waals surface area contributed by atoms with E-state index in [9.17, 15) is 0 Å². The summed E-state index contributed by atoms with van der Waals surface area (Å²) in [4.78, 5) is 4.31. The van der Waals surface area contributed by atoms with Gasteiger partial charge in [-0.2, -0.15) is 0 Å². The number of aromatic nitrogens is 1. The van der Waals surface area contributed by atoms with E-state index in [0.717, 1.165) is 0 Å². The Morgan fingerprint density at radius 2 is 1.36 bits per heavy atom. The van der Waals surface area contributed by atoms with Crippen LogP contribution in [0.25, 0.3) is 43.0 Å². The molecule has 0 unspecified atom stereocenters. The molecule has 22 heavy (non-hydrogen) atoms. The molecule has 0 radical (unpaired) electrons. The van der Waals surface area contributed by atoms with Crippen LogP contribution in [0.2, 0.25) is 0 Å². The molecule has 100 valence electrons. The Morgan fingerprint density at radius 3 is 2.32 bits per heavy atom. The molecule has 1 heterocycles. The van der Waals surface area contributed by atoms with Crippen LogP contribution in [-0.4, -0.2) is 11.9 Å². The van der Waals surface area contributed by atoms with Crippen LogP contribution in [0.5, 0.6) is 0 Å². The number of fused-ring (bicyclic) bond motifs is 6. The third-order valence-corrected chi connectivity index (χ3v) is 4.50. The maximum absolute atomic E-state index is 4.31. The van der Waals surface area contributed by atoms with Gasteiger partial charge in [0, 0.05) is 0 Å². The zero-order valence-corrected chi connectivity index (χ0v) is 12.0. The van der Waals surface area contributed by atoms with Gasteiger partial charge in [0.05, 0.1) is 0 Å². The molecule has 0 saturated carbocycles. The molecule has 0 spiro atoms. The second kappa shape index (κ2) is 4.38. The van der Waals surface area contributed by atoms with E-state index < -0.39 is 0 Å². The topological polar surface area (TPSA) is 12.9 Å². The van der Waals surface area contributed by atoms with Gasteiger partial charge in [0.1, 0.15) is 0 Å². The molecule has 0 aliphatic rings.